The van der Waals surface area contributed by atoms with E-state index in [1.165, 1.54) is 12.7 Å². The molecule has 12 nitrogen and oxygen atoms in total. The van der Waals surface area contributed by atoms with Gasteiger partial charge in [-0.15, -0.1) is 0 Å². The summed E-state index contributed by atoms with van der Waals surface area (Å²) >= 11 is 6.73. The molecule has 296 valence electrons. The van der Waals surface area contributed by atoms with Crippen LogP contribution < -0.4 is 5.32 Å². The predicted octanol–water partition coefficient (Wildman–Crippen LogP) is 7.06. The summed E-state index contributed by atoms with van der Waals surface area (Å²) in [5.41, 5.74) is 3.09. The molecule has 0 radical (unpaired) electrons. The van der Waals surface area contributed by atoms with Gasteiger partial charge in [-0.2, -0.15) is 0 Å². The molecule has 3 fully saturated rings. The van der Waals surface area contributed by atoms with Crippen LogP contribution in [0.5, 0.6) is 5.75 Å². The van der Waals surface area contributed by atoms with E-state index in [0.717, 1.165) is 82.4 Å². The number of phenolic OH excluding ortho intramolecular Hbond substituents is 1. The van der Waals surface area contributed by atoms with Crippen molar-refractivity contribution < 1.29 is 33.8 Å². The molecule has 2 saturated heterocycles. The number of anilines is 1. The number of hydrogen-bond acceptors (Lipinski definition) is 8. The molecular weight excluding hydrogens is 822 g/mol. The van der Waals surface area contributed by atoms with Gasteiger partial charge in [0.1, 0.15) is 5.75 Å². The van der Waals surface area contributed by atoms with Crippen LogP contribution in [0, 0.1) is 11.8 Å². The summed E-state index contributed by atoms with van der Waals surface area (Å²) in [5.74, 6) is 0.656. The van der Waals surface area contributed by atoms with Gasteiger partial charge in [0.05, 0.1) is 22.7 Å². The summed E-state index contributed by atoms with van der Waals surface area (Å²) in [5, 5.41) is 12.9. The van der Waals surface area contributed by atoms with E-state index in [-0.39, 0.29) is 41.7 Å². The van der Waals surface area contributed by atoms with E-state index in [0.29, 0.717) is 60.0 Å². The first-order valence-corrected chi connectivity index (χ1v) is 20.9. The summed E-state index contributed by atoms with van der Waals surface area (Å²) in [7, 11) is 1.40. The van der Waals surface area contributed by atoms with Gasteiger partial charge in [0.2, 0.25) is 5.91 Å². The minimum Gasteiger partial charge on any atom is -0.506 e. The van der Waals surface area contributed by atoms with Crippen LogP contribution in [-0.4, -0.2) is 120 Å². The van der Waals surface area contributed by atoms with Crippen molar-refractivity contribution in [1.29, 1.82) is 0 Å². The third-order valence-corrected chi connectivity index (χ3v) is 12.4. The third kappa shape index (κ3) is 11.1. The lowest BCUT2D eigenvalue weighted by molar-refractivity contribution is -0.144. The fourth-order valence-corrected chi connectivity index (χ4v) is 9.47. The molecule has 0 unspecified atom stereocenters. The lowest BCUT2D eigenvalue weighted by Gasteiger charge is -2.42. The first kappa shape index (κ1) is 41.8. The molecule has 0 bridgehead atoms. The van der Waals surface area contributed by atoms with Crippen LogP contribution in [0.3, 0.4) is 0 Å². The average Bonchev–Trinajstić information content (AvgIpc) is 3.35. The Morgan fingerprint density at radius 1 is 0.889 bits per heavy atom. The molecule has 1 atom stereocenters. The van der Waals surface area contributed by atoms with Crippen molar-refractivity contribution in [3.05, 3.63) is 56.5 Å². The number of urea groups is 1. The Hall–Kier alpha value is -3.36. The monoisotopic (exact) mass is 875 g/mol. The number of aromatic hydroxyl groups is 1. The Labute approximate surface area is 336 Å². The van der Waals surface area contributed by atoms with Crippen molar-refractivity contribution in [3.8, 4) is 5.75 Å². The predicted molar refractivity (Wildman–Crippen MR) is 214 cm³/mol. The molecule has 3 heterocycles. The molecule has 54 heavy (non-hydrogen) atoms. The van der Waals surface area contributed by atoms with Crippen LogP contribution in [0.15, 0.2) is 45.3 Å². The number of fused-ring (bicyclic) bond motifs is 1. The highest BCUT2D eigenvalue weighted by Gasteiger charge is 2.33. The topological polar surface area (TPSA) is 132 Å². The highest BCUT2D eigenvalue weighted by Crippen LogP contribution is 2.35. The highest BCUT2D eigenvalue weighted by molar-refractivity contribution is 9.11. The first-order valence-electron chi connectivity index (χ1n) is 19.3. The second-order valence-electron chi connectivity index (χ2n) is 14.8. The number of esters is 1. The van der Waals surface area contributed by atoms with Gasteiger partial charge >= 0.3 is 18.1 Å². The minimum absolute atomic E-state index is 0.0403. The summed E-state index contributed by atoms with van der Waals surface area (Å²) in [6.07, 6.45) is 7.75. The van der Waals surface area contributed by atoms with E-state index < -0.39 is 0 Å². The fourth-order valence-electron chi connectivity index (χ4n) is 8.19. The van der Waals surface area contributed by atoms with Gasteiger partial charge in [0.25, 0.3) is 0 Å². The van der Waals surface area contributed by atoms with Crippen LogP contribution in [0.4, 0.5) is 15.3 Å². The molecular formula is C40H55Br2N5O7. The van der Waals surface area contributed by atoms with E-state index in [4.69, 9.17) is 9.47 Å². The molecule has 4 amide bonds. The number of rotatable bonds is 8. The third-order valence-electron chi connectivity index (χ3n) is 11.2. The number of benzene rings is 2. The molecule has 2 aromatic rings. The van der Waals surface area contributed by atoms with E-state index in [1.807, 2.05) is 54.0 Å². The number of methoxy groups -OCH3 is 1. The molecule has 2 N–H and O–H groups in total. The maximum Gasteiger partial charge on any atom is 0.409 e. The van der Waals surface area contributed by atoms with E-state index in [2.05, 4.69) is 48.1 Å². The van der Waals surface area contributed by atoms with Crippen molar-refractivity contribution >= 4 is 61.5 Å². The Kier molecular flexibility index (Phi) is 15.5. The number of nitrogens with one attached hydrogen (secondary N) is 1. The maximum atomic E-state index is 13.0. The number of nitrogens with zero attached hydrogens (tertiary/aromatic N) is 4. The molecule has 0 aromatic heterocycles. The van der Waals surface area contributed by atoms with Crippen molar-refractivity contribution in [3.63, 3.8) is 0 Å². The first-order chi connectivity index (χ1) is 26.0. The minimum atomic E-state index is -0.286. The Bertz CT molecular complexity index is 1580. The standard InChI is InChI=1S/C24H34Br2N2O4.C16H21N3O3/c1-3-32-22(29)15-17-4-6-19(7-5-17)27-8-10-28(11-9-27)24(31)16(2)12-18-13-20(25)23(30)21(26)14-18;1-22-16(21)18-9-7-13(8-10-18)19-11-6-12-4-2-3-5-14(12)17-15(19)20/h13-14,16-17,19,30H,3-12,15H2,1-2H3;2-5,13H,6-11H2,1H3,(H,17,20)/t16-,17?,19?;/m1./s1. The van der Waals surface area contributed by atoms with Crippen LogP contribution in [0.25, 0.3) is 0 Å². The smallest absolute Gasteiger partial charge is 0.409 e. The SMILES string of the molecule is CCOC(=O)CC1CCC(N2CCN(C(=O)[C@H](C)Cc3cc(Br)c(O)c(Br)c3)CC2)CC1.COC(=O)N1CCC(N2CCc3ccccc3NC2=O)CC1. The summed E-state index contributed by atoms with van der Waals surface area (Å²) in [6.45, 7) is 9.65. The molecule has 3 aliphatic heterocycles. The van der Waals surface area contributed by atoms with Gasteiger partial charge in [-0.1, -0.05) is 25.1 Å². The summed E-state index contributed by atoms with van der Waals surface area (Å²) in [6, 6.07) is 12.4. The number of piperidine rings is 1. The normalized spacial score (nSPS) is 21.5. The Morgan fingerprint density at radius 2 is 1.54 bits per heavy atom. The number of carbonyl (C=O) groups excluding carboxylic acids is 4. The molecule has 1 aliphatic carbocycles. The number of para-hydroxylation sites is 1. The molecule has 4 aliphatic rings. The average molecular weight is 878 g/mol. The van der Waals surface area contributed by atoms with Gasteiger partial charge in [0.15, 0.2) is 0 Å². The van der Waals surface area contributed by atoms with Crippen LogP contribution in [0.1, 0.15) is 69.9 Å². The van der Waals surface area contributed by atoms with E-state index in [1.54, 1.807) is 4.90 Å². The number of ether oxygens (including phenoxy) is 2. The van der Waals surface area contributed by atoms with E-state index >= 15 is 0 Å². The quantitative estimate of drug-likeness (QED) is 0.270. The molecule has 1 saturated carbocycles. The number of carbonyl (C=O) groups is 4. The largest absolute Gasteiger partial charge is 0.506 e. The van der Waals surface area contributed by atoms with Gasteiger partial charge in [-0.05, 0) is 125 Å². The van der Waals surface area contributed by atoms with Crippen molar-refractivity contribution in [2.24, 2.45) is 11.8 Å². The zero-order valence-electron chi connectivity index (χ0n) is 31.7. The number of hydrogen-bond donors (Lipinski definition) is 2. The number of likely N-dealkylation sites (tertiary alicyclic amines) is 1. The number of phenols is 1. The van der Waals surface area contributed by atoms with Gasteiger partial charge in [-0.3, -0.25) is 14.5 Å². The number of piperazine rings is 1. The number of halogens is 2. The summed E-state index contributed by atoms with van der Waals surface area (Å²) < 4.78 is 11.1. The van der Waals surface area contributed by atoms with Crippen LogP contribution in [-0.2, 0) is 31.9 Å². The number of amides is 4. The van der Waals surface area contributed by atoms with Gasteiger partial charge in [0, 0.05) is 75.9 Å². The second-order valence-corrected chi connectivity index (χ2v) is 16.5. The zero-order chi connectivity index (χ0) is 38.8. The second kappa shape index (κ2) is 20.0. The van der Waals surface area contributed by atoms with Gasteiger partial charge < -0.3 is 34.6 Å². The molecule has 14 heteroatoms. The molecule has 0 spiro atoms. The van der Waals surface area contributed by atoms with E-state index in [9.17, 15) is 24.3 Å². The van der Waals surface area contributed by atoms with Gasteiger partial charge in [-0.25, -0.2) is 9.59 Å². The highest BCUT2D eigenvalue weighted by atomic mass is 79.9. The maximum absolute atomic E-state index is 13.0. The lowest BCUT2D eigenvalue weighted by atomic mass is 9.83. The molecule has 2 aromatic carbocycles. The van der Waals surface area contributed by atoms with Crippen LogP contribution in [0.2, 0.25) is 0 Å². The Balaban J connectivity index is 0.000000222. The Morgan fingerprint density at radius 3 is 2.17 bits per heavy atom. The van der Waals surface area contributed by atoms with Crippen LogP contribution >= 0.6 is 31.9 Å². The zero-order valence-corrected chi connectivity index (χ0v) is 34.9. The molecule has 6 rings (SSSR count). The lowest BCUT2D eigenvalue weighted by Crippen LogP contribution is -2.53. The summed E-state index contributed by atoms with van der Waals surface area (Å²) in [4.78, 5) is 56.9. The van der Waals surface area contributed by atoms with Crippen molar-refractivity contribution in [1.82, 2.24) is 19.6 Å². The van der Waals surface area contributed by atoms with Crippen molar-refractivity contribution in [2.75, 3.05) is 64.8 Å². The fraction of sp³-hybridized carbons (Fsp3) is 0.600. The van der Waals surface area contributed by atoms with Crippen molar-refractivity contribution in [2.45, 2.75) is 83.7 Å².